The molecule has 8 heteroatoms. The van der Waals surface area contributed by atoms with Gasteiger partial charge in [-0.05, 0) is 31.7 Å². The number of amides is 2. The van der Waals surface area contributed by atoms with E-state index in [2.05, 4.69) is 15.6 Å². The van der Waals surface area contributed by atoms with Crippen LogP contribution in [0.1, 0.15) is 31.4 Å². The zero-order valence-corrected chi connectivity index (χ0v) is 14.0. The van der Waals surface area contributed by atoms with Crippen molar-refractivity contribution in [2.75, 3.05) is 13.1 Å². The third-order valence-corrected chi connectivity index (χ3v) is 4.51. The molecular formula is C17H21F2N5O. The summed E-state index contributed by atoms with van der Waals surface area (Å²) in [5.74, 6) is -1.54. The summed E-state index contributed by atoms with van der Waals surface area (Å²) in [6.07, 6.45) is 5.34. The van der Waals surface area contributed by atoms with Crippen LogP contribution in [0.5, 0.6) is 0 Å². The van der Waals surface area contributed by atoms with Crippen LogP contribution in [0.2, 0.25) is 0 Å². The minimum atomic E-state index is -0.919. The monoisotopic (exact) mass is 349 g/mol. The molecule has 2 aromatic rings. The molecule has 25 heavy (non-hydrogen) atoms. The van der Waals surface area contributed by atoms with Crippen LogP contribution in [0.3, 0.4) is 0 Å². The van der Waals surface area contributed by atoms with Crippen molar-refractivity contribution in [3.05, 3.63) is 47.8 Å². The number of carbonyl (C=O) groups is 1. The fourth-order valence-corrected chi connectivity index (χ4v) is 3.20. The van der Waals surface area contributed by atoms with Crippen molar-refractivity contribution >= 4 is 6.03 Å². The first-order chi connectivity index (χ1) is 12.0. The van der Waals surface area contributed by atoms with E-state index in [-0.39, 0.29) is 11.6 Å². The van der Waals surface area contributed by atoms with Crippen LogP contribution in [0.4, 0.5) is 13.6 Å². The van der Waals surface area contributed by atoms with E-state index in [1.807, 2.05) is 0 Å². The van der Waals surface area contributed by atoms with Crippen molar-refractivity contribution < 1.29 is 13.6 Å². The fourth-order valence-electron chi connectivity index (χ4n) is 3.20. The average molecular weight is 349 g/mol. The second-order valence-electron chi connectivity index (χ2n) is 6.39. The highest BCUT2D eigenvalue weighted by Gasteiger charge is 2.26. The summed E-state index contributed by atoms with van der Waals surface area (Å²) in [5, 5.41) is 10.5. The molecule has 2 amide bonds. The van der Waals surface area contributed by atoms with Gasteiger partial charge < -0.3 is 10.2 Å². The fraction of sp³-hybridized carbons (Fsp3) is 0.471. The van der Waals surface area contributed by atoms with Crippen molar-refractivity contribution in [3.63, 3.8) is 0 Å². The standard InChI is InChI=1S/C17H21F2N5O/c1-12(14-5-2-6-15(18)16(14)19)21-17(25)23-8-3-4-13(10-23)11-24-9-7-20-22-24/h2,5-7,9,12-13H,3-4,8,10-11H2,1H3,(H,21,25)/t12-,13-/m1/s1. The summed E-state index contributed by atoms with van der Waals surface area (Å²) in [5.41, 5.74) is 0.143. The molecule has 1 aromatic heterocycles. The minimum absolute atomic E-state index is 0.143. The van der Waals surface area contributed by atoms with Crippen LogP contribution in [0, 0.1) is 17.6 Å². The molecule has 3 rings (SSSR count). The first kappa shape index (κ1) is 17.3. The number of likely N-dealkylation sites (tertiary alicyclic amines) is 1. The Kier molecular flexibility index (Phi) is 5.25. The van der Waals surface area contributed by atoms with Gasteiger partial charge in [-0.15, -0.1) is 5.10 Å². The number of benzene rings is 1. The molecule has 0 radical (unpaired) electrons. The van der Waals surface area contributed by atoms with E-state index in [1.165, 1.54) is 12.1 Å². The van der Waals surface area contributed by atoms with Crippen molar-refractivity contribution in [1.82, 2.24) is 25.2 Å². The van der Waals surface area contributed by atoms with Gasteiger partial charge in [-0.1, -0.05) is 17.3 Å². The van der Waals surface area contributed by atoms with E-state index >= 15 is 0 Å². The van der Waals surface area contributed by atoms with E-state index in [4.69, 9.17) is 0 Å². The summed E-state index contributed by atoms with van der Waals surface area (Å²) in [6, 6.07) is 3.10. The average Bonchev–Trinajstić information content (AvgIpc) is 3.10. The maximum Gasteiger partial charge on any atom is 0.317 e. The Morgan fingerprint density at radius 2 is 2.28 bits per heavy atom. The number of nitrogens with one attached hydrogen (secondary N) is 1. The van der Waals surface area contributed by atoms with Gasteiger partial charge in [0.25, 0.3) is 0 Å². The molecule has 0 spiro atoms. The van der Waals surface area contributed by atoms with Gasteiger partial charge in [-0.25, -0.2) is 13.6 Å². The highest BCUT2D eigenvalue weighted by Crippen LogP contribution is 2.21. The van der Waals surface area contributed by atoms with Gasteiger partial charge in [-0.3, -0.25) is 4.68 Å². The van der Waals surface area contributed by atoms with E-state index in [9.17, 15) is 13.6 Å². The SMILES string of the molecule is C[C@@H](NC(=O)N1CCC[C@@H](Cn2ccnn2)C1)c1cccc(F)c1F. The summed E-state index contributed by atoms with van der Waals surface area (Å²) >= 11 is 0. The molecular weight excluding hydrogens is 328 g/mol. The largest absolute Gasteiger partial charge is 0.331 e. The predicted octanol–water partition coefficient (Wildman–Crippen LogP) is 2.74. The second kappa shape index (κ2) is 7.58. The van der Waals surface area contributed by atoms with Gasteiger partial charge in [0.05, 0.1) is 12.2 Å². The maximum absolute atomic E-state index is 13.9. The Balaban J connectivity index is 1.59. The lowest BCUT2D eigenvalue weighted by Gasteiger charge is -2.33. The molecule has 2 atom stereocenters. The number of carbonyl (C=O) groups excluding carboxylic acids is 1. The normalized spacial score (nSPS) is 18.8. The molecule has 1 saturated heterocycles. The van der Waals surface area contributed by atoms with Crippen LogP contribution in [0.15, 0.2) is 30.6 Å². The van der Waals surface area contributed by atoms with Gasteiger partial charge in [0.2, 0.25) is 0 Å². The predicted molar refractivity (Wildman–Crippen MR) is 87.6 cm³/mol. The lowest BCUT2D eigenvalue weighted by molar-refractivity contribution is 0.155. The van der Waals surface area contributed by atoms with Crippen molar-refractivity contribution in [2.45, 2.75) is 32.4 Å². The minimum Gasteiger partial charge on any atom is -0.331 e. The molecule has 1 N–H and O–H groups in total. The van der Waals surface area contributed by atoms with Gasteiger partial charge >= 0.3 is 6.03 Å². The van der Waals surface area contributed by atoms with E-state index in [1.54, 1.807) is 28.9 Å². The van der Waals surface area contributed by atoms with Crippen LogP contribution in [0.25, 0.3) is 0 Å². The number of hydrogen-bond acceptors (Lipinski definition) is 3. The van der Waals surface area contributed by atoms with Crippen molar-refractivity contribution in [1.29, 1.82) is 0 Å². The number of aromatic nitrogens is 3. The Labute approximate surface area is 144 Å². The van der Waals surface area contributed by atoms with Crippen LogP contribution in [-0.2, 0) is 6.54 Å². The number of nitrogens with zero attached hydrogens (tertiary/aromatic N) is 4. The molecule has 0 aliphatic carbocycles. The Morgan fingerprint density at radius 3 is 3.04 bits per heavy atom. The summed E-state index contributed by atoms with van der Waals surface area (Å²) in [7, 11) is 0. The Hall–Kier alpha value is -2.51. The molecule has 1 aliphatic rings. The Morgan fingerprint density at radius 1 is 1.44 bits per heavy atom. The van der Waals surface area contributed by atoms with E-state index in [0.717, 1.165) is 18.9 Å². The molecule has 1 fully saturated rings. The third kappa shape index (κ3) is 4.12. The lowest BCUT2D eigenvalue weighted by Crippen LogP contribution is -2.47. The molecule has 1 aromatic carbocycles. The maximum atomic E-state index is 13.9. The molecule has 0 unspecified atom stereocenters. The van der Waals surface area contributed by atoms with Gasteiger partial charge in [0, 0.05) is 31.4 Å². The van der Waals surface area contributed by atoms with Gasteiger partial charge in [0.15, 0.2) is 11.6 Å². The zero-order chi connectivity index (χ0) is 17.8. The summed E-state index contributed by atoms with van der Waals surface area (Å²) in [4.78, 5) is 14.2. The zero-order valence-electron chi connectivity index (χ0n) is 14.0. The van der Waals surface area contributed by atoms with Crippen LogP contribution >= 0.6 is 0 Å². The van der Waals surface area contributed by atoms with Crippen LogP contribution < -0.4 is 5.32 Å². The lowest BCUT2D eigenvalue weighted by atomic mass is 9.98. The summed E-state index contributed by atoms with van der Waals surface area (Å²) in [6.45, 7) is 3.60. The van der Waals surface area contributed by atoms with E-state index < -0.39 is 17.7 Å². The van der Waals surface area contributed by atoms with Gasteiger partial charge in [0.1, 0.15) is 0 Å². The smallest absolute Gasteiger partial charge is 0.317 e. The first-order valence-corrected chi connectivity index (χ1v) is 8.38. The first-order valence-electron chi connectivity index (χ1n) is 8.38. The van der Waals surface area contributed by atoms with Gasteiger partial charge in [-0.2, -0.15) is 0 Å². The highest BCUT2D eigenvalue weighted by atomic mass is 19.2. The van der Waals surface area contributed by atoms with Crippen molar-refractivity contribution in [2.24, 2.45) is 5.92 Å². The molecule has 0 saturated carbocycles. The highest BCUT2D eigenvalue weighted by molar-refractivity contribution is 5.74. The van der Waals surface area contributed by atoms with E-state index in [0.29, 0.717) is 25.6 Å². The molecule has 134 valence electrons. The number of rotatable bonds is 4. The second-order valence-corrected chi connectivity index (χ2v) is 6.39. The molecule has 0 bridgehead atoms. The molecule has 2 heterocycles. The summed E-state index contributed by atoms with van der Waals surface area (Å²) < 4.78 is 29.0. The number of halogens is 2. The van der Waals surface area contributed by atoms with Crippen LogP contribution in [-0.4, -0.2) is 39.0 Å². The third-order valence-electron chi connectivity index (χ3n) is 4.51. The molecule has 6 nitrogen and oxygen atoms in total. The quantitative estimate of drug-likeness (QED) is 0.923. The number of piperidine rings is 1. The number of hydrogen-bond donors (Lipinski definition) is 1. The Bertz CT molecular complexity index is 722. The van der Waals surface area contributed by atoms with Crippen molar-refractivity contribution in [3.8, 4) is 0 Å². The topological polar surface area (TPSA) is 63.1 Å². The number of urea groups is 1. The molecule has 1 aliphatic heterocycles.